The van der Waals surface area contributed by atoms with Crippen LogP contribution in [0, 0.1) is 14.9 Å². The zero-order chi connectivity index (χ0) is 9.14. The molecular weight excluding hydrogens is 352 g/mol. The molecule has 0 aromatic heterocycles. The van der Waals surface area contributed by atoms with Gasteiger partial charge in [-0.2, -0.15) is 5.26 Å². The van der Waals surface area contributed by atoms with Crippen LogP contribution in [0.15, 0.2) is 12.1 Å². The summed E-state index contributed by atoms with van der Waals surface area (Å²) in [6.07, 6.45) is 0. The van der Waals surface area contributed by atoms with E-state index in [2.05, 4.69) is 44.6 Å². The van der Waals surface area contributed by atoms with E-state index in [1.807, 2.05) is 12.1 Å². The van der Waals surface area contributed by atoms with E-state index in [9.17, 15) is 0 Å². The minimum absolute atomic E-state index is 0.637. The van der Waals surface area contributed by atoms with Crippen molar-refractivity contribution in [2.45, 2.75) is 5.33 Å². The molecule has 0 radical (unpaired) electrons. The maximum absolute atomic E-state index is 8.73. The number of benzene rings is 1. The molecule has 0 aliphatic carbocycles. The summed E-state index contributed by atoms with van der Waals surface area (Å²) in [4.78, 5) is 0. The van der Waals surface area contributed by atoms with Crippen LogP contribution >= 0.6 is 50.1 Å². The van der Waals surface area contributed by atoms with Crippen molar-refractivity contribution < 1.29 is 0 Å². The Balaban J connectivity index is 3.31. The van der Waals surface area contributed by atoms with E-state index in [1.165, 1.54) is 0 Å². The van der Waals surface area contributed by atoms with Gasteiger partial charge in [-0.05, 0) is 40.3 Å². The van der Waals surface area contributed by atoms with Gasteiger partial charge in [-0.3, -0.25) is 0 Å². The fourth-order valence-electron chi connectivity index (χ4n) is 0.804. The van der Waals surface area contributed by atoms with Gasteiger partial charge in [-0.1, -0.05) is 27.5 Å². The highest BCUT2D eigenvalue weighted by Gasteiger charge is 2.05. The van der Waals surface area contributed by atoms with Gasteiger partial charge in [-0.15, -0.1) is 0 Å². The first-order valence-electron chi connectivity index (χ1n) is 3.13. The predicted octanol–water partition coefficient (Wildman–Crippen LogP) is 3.71. The fraction of sp³-hybridized carbons (Fsp3) is 0.125. The summed E-state index contributed by atoms with van der Waals surface area (Å²) < 4.78 is 0.821. The van der Waals surface area contributed by atoms with Crippen molar-refractivity contribution in [2.24, 2.45) is 0 Å². The van der Waals surface area contributed by atoms with Gasteiger partial charge in [0.1, 0.15) is 6.07 Å². The smallest absolute Gasteiger partial charge is 0.100 e. The summed E-state index contributed by atoms with van der Waals surface area (Å²) in [6, 6.07) is 5.79. The largest absolute Gasteiger partial charge is 0.192 e. The van der Waals surface area contributed by atoms with E-state index in [4.69, 9.17) is 16.9 Å². The summed E-state index contributed by atoms with van der Waals surface area (Å²) >= 11 is 11.3. The molecule has 0 spiro atoms. The van der Waals surface area contributed by atoms with E-state index in [0.29, 0.717) is 10.6 Å². The number of rotatable bonds is 1. The lowest BCUT2D eigenvalue weighted by molar-refractivity contribution is 1.38. The first-order valence-corrected chi connectivity index (χ1v) is 5.71. The Kier molecular flexibility index (Phi) is 3.81. The SMILES string of the molecule is N#Cc1cc(CBr)cc(Cl)c1I. The van der Waals surface area contributed by atoms with Crippen molar-refractivity contribution >= 4 is 50.1 Å². The highest BCUT2D eigenvalue weighted by molar-refractivity contribution is 14.1. The lowest BCUT2D eigenvalue weighted by Crippen LogP contribution is -1.87. The molecule has 0 amide bonds. The fourth-order valence-corrected chi connectivity index (χ4v) is 1.80. The first kappa shape index (κ1) is 10.3. The molecule has 1 rings (SSSR count). The molecule has 0 unspecified atom stereocenters. The lowest BCUT2D eigenvalue weighted by Gasteiger charge is -2.01. The zero-order valence-electron chi connectivity index (χ0n) is 5.94. The average Bonchev–Trinajstić information content (AvgIpc) is 2.09. The van der Waals surface area contributed by atoms with E-state index in [1.54, 1.807) is 0 Å². The molecule has 0 saturated heterocycles. The lowest BCUT2D eigenvalue weighted by atomic mass is 10.2. The Hall–Kier alpha value is 0.210. The Labute approximate surface area is 98.0 Å². The second-order valence-electron chi connectivity index (χ2n) is 2.18. The van der Waals surface area contributed by atoms with Crippen molar-refractivity contribution in [1.29, 1.82) is 5.26 Å². The molecule has 4 heteroatoms. The van der Waals surface area contributed by atoms with Crippen LogP contribution in [-0.2, 0) is 5.33 Å². The Morgan fingerprint density at radius 3 is 2.75 bits per heavy atom. The van der Waals surface area contributed by atoms with Crippen LogP contribution in [0.3, 0.4) is 0 Å². The van der Waals surface area contributed by atoms with Crippen LogP contribution in [0.25, 0.3) is 0 Å². The molecule has 12 heavy (non-hydrogen) atoms. The van der Waals surface area contributed by atoms with Crippen LogP contribution < -0.4 is 0 Å². The van der Waals surface area contributed by atoms with Crippen molar-refractivity contribution in [1.82, 2.24) is 0 Å². The Morgan fingerprint density at radius 1 is 1.58 bits per heavy atom. The van der Waals surface area contributed by atoms with E-state index in [0.717, 1.165) is 14.5 Å². The number of alkyl halides is 1. The quantitative estimate of drug-likeness (QED) is 0.556. The second-order valence-corrected chi connectivity index (χ2v) is 4.23. The molecule has 0 aliphatic heterocycles. The van der Waals surface area contributed by atoms with Gasteiger partial charge >= 0.3 is 0 Å². The second kappa shape index (κ2) is 4.45. The van der Waals surface area contributed by atoms with Crippen LogP contribution in [-0.4, -0.2) is 0 Å². The van der Waals surface area contributed by atoms with Gasteiger partial charge in [-0.25, -0.2) is 0 Å². The van der Waals surface area contributed by atoms with Crippen LogP contribution in [0.1, 0.15) is 11.1 Å². The number of halogens is 3. The topological polar surface area (TPSA) is 23.8 Å². The van der Waals surface area contributed by atoms with Crippen LogP contribution in [0.5, 0.6) is 0 Å². The number of hydrogen-bond acceptors (Lipinski definition) is 1. The third-order valence-corrected chi connectivity index (χ3v) is 3.79. The normalized spacial score (nSPS) is 9.50. The van der Waals surface area contributed by atoms with E-state index >= 15 is 0 Å². The summed E-state index contributed by atoms with van der Waals surface area (Å²) in [5.74, 6) is 0. The molecule has 0 heterocycles. The van der Waals surface area contributed by atoms with Crippen LogP contribution in [0.2, 0.25) is 5.02 Å². The molecule has 0 bridgehead atoms. The summed E-state index contributed by atoms with van der Waals surface area (Å²) in [7, 11) is 0. The third-order valence-electron chi connectivity index (χ3n) is 1.36. The first-order chi connectivity index (χ1) is 5.69. The van der Waals surface area contributed by atoms with Gasteiger partial charge in [0, 0.05) is 8.90 Å². The molecule has 0 N–H and O–H groups in total. The van der Waals surface area contributed by atoms with Gasteiger partial charge in [0.25, 0.3) is 0 Å². The third kappa shape index (κ3) is 2.12. The van der Waals surface area contributed by atoms with Gasteiger partial charge < -0.3 is 0 Å². The maximum Gasteiger partial charge on any atom is 0.100 e. The van der Waals surface area contributed by atoms with Gasteiger partial charge in [0.15, 0.2) is 0 Å². The van der Waals surface area contributed by atoms with Crippen molar-refractivity contribution in [2.75, 3.05) is 0 Å². The minimum atomic E-state index is 0.637. The summed E-state index contributed by atoms with van der Waals surface area (Å²) in [5, 5.41) is 10.1. The summed E-state index contributed by atoms with van der Waals surface area (Å²) in [6.45, 7) is 0. The minimum Gasteiger partial charge on any atom is -0.192 e. The predicted molar refractivity (Wildman–Crippen MR) is 61.5 cm³/mol. The summed E-state index contributed by atoms with van der Waals surface area (Å²) in [5.41, 5.74) is 1.66. The maximum atomic E-state index is 8.73. The molecule has 62 valence electrons. The van der Waals surface area contributed by atoms with Gasteiger partial charge in [0.05, 0.1) is 10.6 Å². The highest BCUT2D eigenvalue weighted by atomic mass is 127. The highest BCUT2D eigenvalue weighted by Crippen LogP contribution is 2.24. The van der Waals surface area contributed by atoms with Gasteiger partial charge in [0.2, 0.25) is 0 Å². The number of hydrogen-bond donors (Lipinski definition) is 0. The molecule has 1 aromatic carbocycles. The number of nitrogens with zero attached hydrogens (tertiary/aromatic N) is 1. The molecule has 0 atom stereocenters. The monoisotopic (exact) mass is 355 g/mol. The average molecular weight is 356 g/mol. The number of nitriles is 1. The molecule has 1 nitrogen and oxygen atoms in total. The van der Waals surface area contributed by atoms with Crippen molar-refractivity contribution in [3.8, 4) is 6.07 Å². The van der Waals surface area contributed by atoms with Crippen molar-refractivity contribution in [3.63, 3.8) is 0 Å². The molecular formula is C8H4BrClIN. The van der Waals surface area contributed by atoms with Crippen molar-refractivity contribution in [3.05, 3.63) is 31.9 Å². The molecule has 1 aromatic rings. The van der Waals surface area contributed by atoms with E-state index in [-0.39, 0.29) is 0 Å². The molecule has 0 aliphatic rings. The van der Waals surface area contributed by atoms with E-state index < -0.39 is 0 Å². The molecule has 0 fully saturated rings. The standard InChI is InChI=1S/C8H4BrClIN/c9-3-5-1-6(4-12)8(11)7(10)2-5/h1-2H,3H2. The Bertz CT molecular complexity index is 346. The zero-order valence-corrected chi connectivity index (χ0v) is 10.4. The Morgan fingerprint density at radius 2 is 2.25 bits per heavy atom. The molecule has 0 saturated carbocycles. The van der Waals surface area contributed by atoms with Crippen LogP contribution in [0.4, 0.5) is 0 Å².